The molecule has 0 aromatic carbocycles. The number of rotatable bonds is 9. The second-order valence-corrected chi connectivity index (χ2v) is 7.94. The van der Waals surface area contributed by atoms with Crippen LogP contribution in [0.15, 0.2) is 0 Å². The third kappa shape index (κ3) is 6.25. The molecule has 1 atom stereocenters. The average Bonchev–Trinajstić information content (AvgIpc) is 2.87. The minimum atomic E-state index is 0.191. The van der Waals surface area contributed by atoms with Crippen LogP contribution in [0.25, 0.3) is 0 Å². The molecule has 3 heteroatoms. The zero-order valence-electron chi connectivity index (χ0n) is 15.0. The van der Waals surface area contributed by atoms with Gasteiger partial charge in [0, 0.05) is 31.3 Å². The molecule has 0 spiro atoms. The molecule has 1 aliphatic heterocycles. The van der Waals surface area contributed by atoms with Crippen LogP contribution in [-0.2, 0) is 0 Å². The summed E-state index contributed by atoms with van der Waals surface area (Å²) in [6.45, 7) is 15.3. The second kappa shape index (κ2) is 8.50. The first kappa shape index (κ1) is 18.9. The van der Waals surface area contributed by atoms with Gasteiger partial charge in [0.2, 0.25) is 0 Å². The van der Waals surface area contributed by atoms with Crippen LogP contribution in [0.5, 0.6) is 0 Å². The fourth-order valence-corrected chi connectivity index (χ4v) is 3.42. The fourth-order valence-electron chi connectivity index (χ4n) is 3.42. The maximum atomic E-state index is 9.08. The van der Waals surface area contributed by atoms with Crippen molar-refractivity contribution in [3.63, 3.8) is 0 Å². The first-order valence-electron chi connectivity index (χ1n) is 8.96. The van der Waals surface area contributed by atoms with Gasteiger partial charge in [-0.25, -0.2) is 0 Å². The van der Waals surface area contributed by atoms with E-state index in [1.807, 2.05) is 0 Å². The molecule has 0 aliphatic carbocycles. The molecule has 0 radical (unpaired) electrons. The summed E-state index contributed by atoms with van der Waals surface area (Å²) in [4.78, 5) is 2.70. The highest BCUT2D eigenvalue weighted by molar-refractivity contribution is 4.89. The van der Waals surface area contributed by atoms with Crippen LogP contribution in [0.2, 0.25) is 0 Å². The van der Waals surface area contributed by atoms with Crippen LogP contribution in [0.4, 0.5) is 0 Å². The van der Waals surface area contributed by atoms with E-state index >= 15 is 0 Å². The first-order valence-corrected chi connectivity index (χ1v) is 8.96. The van der Waals surface area contributed by atoms with E-state index in [2.05, 4.69) is 44.8 Å². The molecule has 1 fully saturated rings. The molecule has 21 heavy (non-hydrogen) atoms. The number of nitrogens with zero attached hydrogens (tertiary/aromatic N) is 1. The number of nitrogens with one attached hydrogen (secondary N) is 1. The number of hydrogen-bond donors (Lipinski definition) is 2. The summed E-state index contributed by atoms with van der Waals surface area (Å²) in [5.41, 5.74) is 0.575. The topological polar surface area (TPSA) is 35.5 Å². The van der Waals surface area contributed by atoms with Gasteiger partial charge in [-0.1, -0.05) is 13.8 Å². The number of likely N-dealkylation sites (tertiary alicyclic amines) is 1. The lowest BCUT2D eigenvalue weighted by Crippen LogP contribution is -2.49. The predicted molar refractivity (Wildman–Crippen MR) is 91.7 cm³/mol. The highest BCUT2D eigenvalue weighted by atomic mass is 16.2. The van der Waals surface area contributed by atoms with E-state index in [-0.39, 0.29) is 5.54 Å². The van der Waals surface area contributed by atoms with Gasteiger partial charge in [0.15, 0.2) is 0 Å². The molecule has 0 bridgehead atoms. The number of aliphatic hydroxyl groups excluding tert-OH is 1. The zero-order chi connectivity index (χ0) is 15.9. The molecular weight excluding hydrogens is 260 g/mol. The minimum absolute atomic E-state index is 0.191. The summed E-state index contributed by atoms with van der Waals surface area (Å²) in [6, 6.07) is 0.698. The largest absolute Gasteiger partial charge is 0.396 e. The van der Waals surface area contributed by atoms with E-state index in [9.17, 15) is 0 Å². The average molecular weight is 299 g/mol. The summed E-state index contributed by atoms with van der Waals surface area (Å²) in [6.07, 6.45) is 7.22. The lowest BCUT2D eigenvalue weighted by molar-refractivity contribution is 0.110. The highest BCUT2D eigenvalue weighted by Gasteiger charge is 2.34. The van der Waals surface area contributed by atoms with Crippen molar-refractivity contribution >= 4 is 0 Å². The fraction of sp³-hybridized carbons (Fsp3) is 1.00. The van der Waals surface area contributed by atoms with Gasteiger partial charge in [-0.2, -0.15) is 0 Å². The van der Waals surface area contributed by atoms with E-state index in [4.69, 9.17) is 5.11 Å². The molecule has 3 nitrogen and oxygen atoms in total. The summed E-state index contributed by atoms with van der Waals surface area (Å²) < 4.78 is 0. The lowest BCUT2D eigenvalue weighted by Gasteiger charge is -2.40. The smallest absolute Gasteiger partial charge is 0.0431 e. The Morgan fingerprint density at radius 3 is 2.38 bits per heavy atom. The van der Waals surface area contributed by atoms with Crippen molar-refractivity contribution in [2.75, 3.05) is 26.2 Å². The SMILES string of the molecule is CCC(CC)(CNC(C)(C)C)CN1CCCC1CCCO. The Balaban J connectivity index is 2.63. The Labute approximate surface area is 132 Å². The van der Waals surface area contributed by atoms with Gasteiger partial charge >= 0.3 is 0 Å². The normalized spacial score (nSPS) is 21.1. The molecule has 1 heterocycles. The Bertz CT molecular complexity index is 281. The van der Waals surface area contributed by atoms with E-state index in [1.165, 1.54) is 38.8 Å². The maximum absolute atomic E-state index is 9.08. The third-order valence-electron chi connectivity index (χ3n) is 5.23. The van der Waals surface area contributed by atoms with E-state index in [0.29, 0.717) is 18.1 Å². The van der Waals surface area contributed by atoms with Gasteiger partial charge in [0.1, 0.15) is 0 Å². The lowest BCUT2D eigenvalue weighted by atomic mass is 9.80. The van der Waals surface area contributed by atoms with Gasteiger partial charge < -0.3 is 10.4 Å². The molecule has 0 saturated carbocycles. The van der Waals surface area contributed by atoms with Crippen molar-refractivity contribution in [2.45, 2.75) is 84.7 Å². The van der Waals surface area contributed by atoms with Gasteiger partial charge in [0.25, 0.3) is 0 Å². The summed E-state index contributed by atoms with van der Waals surface area (Å²) in [5.74, 6) is 0. The Morgan fingerprint density at radius 2 is 1.86 bits per heavy atom. The number of hydrogen-bond acceptors (Lipinski definition) is 3. The highest BCUT2D eigenvalue weighted by Crippen LogP contribution is 2.32. The van der Waals surface area contributed by atoms with Gasteiger partial charge in [-0.15, -0.1) is 0 Å². The maximum Gasteiger partial charge on any atom is 0.0431 e. The second-order valence-electron chi connectivity index (χ2n) is 7.94. The quantitative estimate of drug-likeness (QED) is 0.684. The van der Waals surface area contributed by atoms with Crippen LogP contribution in [0, 0.1) is 5.41 Å². The van der Waals surface area contributed by atoms with Crippen LogP contribution in [-0.4, -0.2) is 47.8 Å². The van der Waals surface area contributed by atoms with E-state index in [0.717, 1.165) is 19.4 Å². The number of aliphatic hydroxyl groups is 1. The first-order chi connectivity index (χ1) is 9.86. The summed E-state index contributed by atoms with van der Waals surface area (Å²) in [7, 11) is 0. The van der Waals surface area contributed by atoms with Crippen molar-refractivity contribution in [1.82, 2.24) is 10.2 Å². The van der Waals surface area contributed by atoms with Crippen LogP contribution in [0.3, 0.4) is 0 Å². The molecule has 2 N–H and O–H groups in total. The van der Waals surface area contributed by atoms with Crippen LogP contribution >= 0.6 is 0 Å². The minimum Gasteiger partial charge on any atom is -0.396 e. The Hall–Kier alpha value is -0.120. The monoisotopic (exact) mass is 298 g/mol. The van der Waals surface area contributed by atoms with Crippen molar-refractivity contribution in [3.05, 3.63) is 0 Å². The van der Waals surface area contributed by atoms with Crippen molar-refractivity contribution in [3.8, 4) is 0 Å². The van der Waals surface area contributed by atoms with Crippen LogP contribution < -0.4 is 5.32 Å². The Kier molecular flexibility index (Phi) is 7.66. The molecular formula is C18H38N2O. The van der Waals surface area contributed by atoms with E-state index < -0.39 is 0 Å². The molecule has 1 unspecified atom stereocenters. The molecule has 1 saturated heterocycles. The molecule has 0 aromatic rings. The molecule has 126 valence electrons. The summed E-state index contributed by atoms with van der Waals surface area (Å²) in [5, 5.41) is 12.8. The van der Waals surface area contributed by atoms with Crippen LogP contribution in [0.1, 0.15) is 73.1 Å². The Morgan fingerprint density at radius 1 is 1.19 bits per heavy atom. The van der Waals surface area contributed by atoms with Gasteiger partial charge in [-0.3, -0.25) is 4.90 Å². The van der Waals surface area contributed by atoms with Gasteiger partial charge in [0.05, 0.1) is 0 Å². The van der Waals surface area contributed by atoms with Gasteiger partial charge in [-0.05, 0) is 71.3 Å². The van der Waals surface area contributed by atoms with E-state index in [1.54, 1.807) is 0 Å². The standard InChI is InChI=1S/C18H38N2O/c1-6-18(7-2,14-19-17(3,4)5)15-20-12-8-10-16(20)11-9-13-21/h16,19,21H,6-15H2,1-5H3. The molecule has 1 rings (SSSR count). The third-order valence-corrected chi connectivity index (χ3v) is 5.23. The molecule has 1 aliphatic rings. The van der Waals surface area contributed by atoms with Crippen molar-refractivity contribution in [1.29, 1.82) is 0 Å². The van der Waals surface area contributed by atoms with Crippen molar-refractivity contribution in [2.24, 2.45) is 5.41 Å². The predicted octanol–water partition coefficient (Wildman–Crippen LogP) is 3.42. The zero-order valence-corrected chi connectivity index (χ0v) is 15.0. The molecule has 0 aromatic heterocycles. The summed E-state index contributed by atoms with van der Waals surface area (Å²) >= 11 is 0. The van der Waals surface area contributed by atoms with Crippen molar-refractivity contribution < 1.29 is 5.11 Å². The molecule has 0 amide bonds.